The molecule has 6 nitrogen and oxygen atoms in total. The first-order chi connectivity index (χ1) is 17.5. The number of nitrogens with one attached hydrogen (secondary N) is 1. The first kappa shape index (κ1) is 22.6. The Balaban J connectivity index is 1.47. The number of amides is 1. The standard InChI is InChI=1S/C30H21N3O3/c31-17-24(29(34)32-26-9-5-8-23(16-26)30(35)36)15-25-19-33(28-11-4-3-10-27(25)28)18-20-12-13-21-6-1-2-7-22(21)14-20/h1-16,19H,18H2,(H,32,34)(H,35,36)/b24-15-. The highest BCUT2D eigenvalue weighted by molar-refractivity contribution is 6.11. The van der Waals surface area contributed by atoms with Gasteiger partial charge in [0.15, 0.2) is 0 Å². The van der Waals surface area contributed by atoms with E-state index in [0.717, 1.165) is 22.0 Å². The summed E-state index contributed by atoms with van der Waals surface area (Å²) in [4.78, 5) is 24.0. The number of aromatic carboxylic acids is 1. The van der Waals surface area contributed by atoms with Crippen molar-refractivity contribution >= 4 is 45.3 Å². The third-order valence-corrected chi connectivity index (χ3v) is 6.02. The number of para-hydroxylation sites is 1. The van der Waals surface area contributed by atoms with Crippen LogP contribution < -0.4 is 5.32 Å². The Kier molecular flexibility index (Phi) is 6.04. The fraction of sp³-hybridized carbons (Fsp3) is 0.0333. The zero-order valence-electron chi connectivity index (χ0n) is 19.2. The summed E-state index contributed by atoms with van der Waals surface area (Å²) in [7, 11) is 0. The minimum absolute atomic E-state index is 0.0482. The lowest BCUT2D eigenvalue weighted by Gasteiger charge is -2.07. The summed E-state index contributed by atoms with van der Waals surface area (Å²) in [6.07, 6.45) is 3.51. The van der Waals surface area contributed by atoms with Gasteiger partial charge in [0.2, 0.25) is 0 Å². The minimum atomic E-state index is -1.10. The van der Waals surface area contributed by atoms with Crippen molar-refractivity contribution < 1.29 is 14.7 Å². The summed E-state index contributed by atoms with van der Waals surface area (Å²) in [6, 6.07) is 30.3. The van der Waals surface area contributed by atoms with Gasteiger partial charge in [-0.25, -0.2) is 4.79 Å². The quantitative estimate of drug-likeness (QED) is 0.232. The molecule has 174 valence electrons. The number of carboxylic acids is 1. The molecule has 6 heteroatoms. The molecule has 2 N–H and O–H groups in total. The van der Waals surface area contributed by atoms with Crippen molar-refractivity contribution in [2.24, 2.45) is 0 Å². The van der Waals surface area contributed by atoms with Crippen molar-refractivity contribution in [3.8, 4) is 6.07 Å². The number of hydrogen-bond donors (Lipinski definition) is 2. The van der Waals surface area contributed by atoms with Crippen LogP contribution in [0.2, 0.25) is 0 Å². The maximum atomic E-state index is 12.8. The number of nitrogens with zero attached hydrogens (tertiary/aromatic N) is 2. The monoisotopic (exact) mass is 471 g/mol. The van der Waals surface area contributed by atoms with Crippen LogP contribution >= 0.6 is 0 Å². The first-order valence-corrected chi connectivity index (χ1v) is 11.3. The van der Waals surface area contributed by atoms with E-state index in [9.17, 15) is 20.0 Å². The Morgan fingerprint density at radius 3 is 2.50 bits per heavy atom. The Bertz CT molecular complexity index is 1710. The van der Waals surface area contributed by atoms with Gasteiger partial charge in [0.25, 0.3) is 5.91 Å². The molecular weight excluding hydrogens is 450 g/mol. The molecule has 1 aromatic heterocycles. The molecule has 0 saturated carbocycles. The second-order valence-corrected chi connectivity index (χ2v) is 8.42. The number of anilines is 1. The van der Waals surface area contributed by atoms with Gasteiger partial charge in [0, 0.05) is 34.9 Å². The van der Waals surface area contributed by atoms with Crippen molar-refractivity contribution in [3.63, 3.8) is 0 Å². The van der Waals surface area contributed by atoms with E-state index < -0.39 is 11.9 Å². The molecular formula is C30H21N3O3. The molecule has 1 amide bonds. The lowest BCUT2D eigenvalue weighted by molar-refractivity contribution is -0.112. The number of nitriles is 1. The Morgan fingerprint density at radius 2 is 1.69 bits per heavy atom. The molecule has 0 radical (unpaired) electrons. The van der Waals surface area contributed by atoms with Crippen LogP contribution in [0.3, 0.4) is 0 Å². The van der Waals surface area contributed by atoms with Gasteiger partial charge in [-0.3, -0.25) is 4.79 Å². The number of aromatic nitrogens is 1. The van der Waals surface area contributed by atoms with E-state index >= 15 is 0 Å². The highest BCUT2D eigenvalue weighted by Crippen LogP contribution is 2.26. The van der Waals surface area contributed by atoms with E-state index in [1.807, 2.05) is 48.7 Å². The normalized spacial score (nSPS) is 11.4. The minimum Gasteiger partial charge on any atom is -0.478 e. The van der Waals surface area contributed by atoms with E-state index in [4.69, 9.17) is 0 Å². The molecule has 0 aliphatic carbocycles. The topological polar surface area (TPSA) is 95.1 Å². The predicted octanol–water partition coefficient (Wildman–Crippen LogP) is 6.09. The smallest absolute Gasteiger partial charge is 0.335 e. The number of benzene rings is 4. The zero-order valence-corrected chi connectivity index (χ0v) is 19.2. The van der Waals surface area contributed by atoms with Crippen molar-refractivity contribution in [1.29, 1.82) is 5.26 Å². The summed E-state index contributed by atoms with van der Waals surface area (Å²) in [6.45, 7) is 0.634. The maximum Gasteiger partial charge on any atom is 0.335 e. The molecule has 0 fully saturated rings. The van der Waals surface area contributed by atoms with Gasteiger partial charge < -0.3 is 15.0 Å². The van der Waals surface area contributed by atoms with Crippen LogP contribution in [0.4, 0.5) is 5.69 Å². The van der Waals surface area contributed by atoms with Gasteiger partial charge in [-0.1, -0.05) is 60.7 Å². The SMILES string of the molecule is N#C/C(=C/c1cn(Cc2ccc3ccccc3c2)c2ccccc12)C(=O)Nc1cccc(C(=O)O)c1. The Morgan fingerprint density at radius 1 is 0.917 bits per heavy atom. The summed E-state index contributed by atoms with van der Waals surface area (Å²) in [5, 5.41) is 24.8. The van der Waals surface area contributed by atoms with Crippen molar-refractivity contribution in [1.82, 2.24) is 4.57 Å². The van der Waals surface area contributed by atoms with E-state index in [-0.39, 0.29) is 11.1 Å². The van der Waals surface area contributed by atoms with E-state index in [1.54, 1.807) is 12.1 Å². The molecule has 0 atom stereocenters. The number of hydrogen-bond acceptors (Lipinski definition) is 3. The van der Waals surface area contributed by atoms with Crippen LogP contribution in [0.1, 0.15) is 21.5 Å². The van der Waals surface area contributed by atoms with Gasteiger partial charge in [-0.15, -0.1) is 0 Å². The molecule has 0 spiro atoms. The largest absolute Gasteiger partial charge is 0.478 e. The summed E-state index contributed by atoms with van der Waals surface area (Å²) < 4.78 is 2.11. The van der Waals surface area contributed by atoms with Gasteiger partial charge in [0.1, 0.15) is 11.6 Å². The van der Waals surface area contributed by atoms with Crippen LogP contribution in [0, 0.1) is 11.3 Å². The average Bonchev–Trinajstić information content (AvgIpc) is 3.24. The Hall–Kier alpha value is -5.15. The fourth-order valence-corrected chi connectivity index (χ4v) is 4.29. The van der Waals surface area contributed by atoms with Crippen LogP contribution in [0.15, 0.2) is 103 Å². The molecule has 0 saturated heterocycles. The molecule has 0 aliphatic heterocycles. The van der Waals surface area contributed by atoms with Gasteiger partial charge in [-0.05, 0) is 52.7 Å². The number of carboxylic acid groups (broad SMARTS) is 1. The predicted molar refractivity (Wildman–Crippen MR) is 141 cm³/mol. The van der Waals surface area contributed by atoms with Gasteiger partial charge in [-0.2, -0.15) is 5.26 Å². The molecule has 0 unspecified atom stereocenters. The van der Waals surface area contributed by atoms with Crippen molar-refractivity contribution in [3.05, 3.63) is 119 Å². The lowest BCUT2D eigenvalue weighted by Crippen LogP contribution is -2.13. The van der Waals surface area contributed by atoms with Crippen LogP contribution in [0.5, 0.6) is 0 Å². The second kappa shape index (κ2) is 9.61. The van der Waals surface area contributed by atoms with Crippen molar-refractivity contribution in [2.45, 2.75) is 6.54 Å². The molecule has 0 bridgehead atoms. The van der Waals surface area contributed by atoms with Crippen LogP contribution in [0.25, 0.3) is 27.8 Å². The van der Waals surface area contributed by atoms with E-state index in [1.165, 1.54) is 29.0 Å². The fourth-order valence-electron chi connectivity index (χ4n) is 4.29. The third kappa shape index (κ3) is 4.59. The van der Waals surface area contributed by atoms with Gasteiger partial charge >= 0.3 is 5.97 Å². The number of fused-ring (bicyclic) bond motifs is 2. The second-order valence-electron chi connectivity index (χ2n) is 8.42. The van der Waals surface area contributed by atoms with Gasteiger partial charge in [0.05, 0.1) is 5.56 Å². The van der Waals surface area contributed by atoms with Crippen molar-refractivity contribution in [2.75, 3.05) is 5.32 Å². The highest BCUT2D eigenvalue weighted by Gasteiger charge is 2.14. The molecule has 5 aromatic rings. The number of carbonyl (C=O) groups excluding carboxylic acids is 1. The van der Waals surface area contributed by atoms with E-state index in [2.05, 4.69) is 40.2 Å². The van der Waals surface area contributed by atoms with Crippen LogP contribution in [-0.4, -0.2) is 21.6 Å². The van der Waals surface area contributed by atoms with E-state index in [0.29, 0.717) is 12.2 Å². The zero-order chi connectivity index (χ0) is 25.1. The Labute approximate surface area is 207 Å². The lowest BCUT2D eigenvalue weighted by atomic mass is 10.1. The summed E-state index contributed by atoms with van der Waals surface area (Å²) in [5.41, 5.74) is 3.15. The third-order valence-electron chi connectivity index (χ3n) is 6.02. The molecule has 1 heterocycles. The molecule has 4 aromatic carbocycles. The van der Waals surface area contributed by atoms with Crippen LogP contribution in [-0.2, 0) is 11.3 Å². The summed E-state index contributed by atoms with van der Waals surface area (Å²) in [5.74, 6) is -1.70. The average molecular weight is 472 g/mol. The summed E-state index contributed by atoms with van der Waals surface area (Å²) >= 11 is 0. The number of rotatable bonds is 6. The first-order valence-electron chi connectivity index (χ1n) is 11.3. The molecule has 5 rings (SSSR count). The molecule has 0 aliphatic rings. The highest BCUT2D eigenvalue weighted by atomic mass is 16.4. The number of carbonyl (C=O) groups is 2. The maximum absolute atomic E-state index is 12.8. The molecule has 36 heavy (non-hydrogen) atoms.